The molecule has 6 nitrogen and oxygen atoms in total. The van der Waals surface area contributed by atoms with Gasteiger partial charge in [0.05, 0.1) is 12.2 Å². The van der Waals surface area contributed by atoms with Crippen LogP contribution in [0.25, 0.3) is 0 Å². The number of nitrogens with zero attached hydrogens (tertiary/aromatic N) is 5. The van der Waals surface area contributed by atoms with Gasteiger partial charge in [-0.1, -0.05) is 30.3 Å². The number of aryl methyl sites for hydroxylation is 2. The SMILES string of the molecule is CCNC(=NCc1c(C)nn(C)c1C)N1CCC2C(CCCN2Cc2ccccc2)C1. The summed E-state index contributed by atoms with van der Waals surface area (Å²) in [6.07, 6.45) is 3.84. The molecule has 6 heteroatoms. The molecule has 168 valence electrons. The molecule has 0 spiro atoms. The van der Waals surface area contributed by atoms with Crippen molar-refractivity contribution in [2.24, 2.45) is 18.0 Å². The topological polar surface area (TPSA) is 48.7 Å². The van der Waals surface area contributed by atoms with Crippen LogP contribution in [0.15, 0.2) is 35.3 Å². The van der Waals surface area contributed by atoms with E-state index in [4.69, 9.17) is 4.99 Å². The number of rotatable bonds is 5. The van der Waals surface area contributed by atoms with Crippen molar-refractivity contribution in [1.29, 1.82) is 0 Å². The predicted molar refractivity (Wildman–Crippen MR) is 127 cm³/mol. The maximum Gasteiger partial charge on any atom is 0.194 e. The zero-order valence-electron chi connectivity index (χ0n) is 19.6. The van der Waals surface area contributed by atoms with Gasteiger partial charge in [0.25, 0.3) is 0 Å². The van der Waals surface area contributed by atoms with Crippen LogP contribution in [-0.4, -0.2) is 57.8 Å². The van der Waals surface area contributed by atoms with Gasteiger partial charge in [-0.05, 0) is 58.1 Å². The molecule has 2 atom stereocenters. The lowest BCUT2D eigenvalue weighted by Crippen LogP contribution is -2.56. The van der Waals surface area contributed by atoms with Crippen LogP contribution < -0.4 is 5.32 Å². The van der Waals surface area contributed by atoms with Crippen LogP contribution >= 0.6 is 0 Å². The van der Waals surface area contributed by atoms with Gasteiger partial charge < -0.3 is 10.2 Å². The first-order chi connectivity index (χ1) is 15.1. The highest BCUT2D eigenvalue weighted by atomic mass is 15.3. The van der Waals surface area contributed by atoms with E-state index in [-0.39, 0.29) is 0 Å². The molecule has 0 aliphatic carbocycles. The molecule has 4 rings (SSSR count). The molecule has 2 fully saturated rings. The molecule has 0 amide bonds. The number of benzene rings is 1. The Labute approximate surface area is 187 Å². The molecule has 0 saturated carbocycles. The first kappa shape index (κ1) is 21.9. The van der Waals surface area contributed by atoms with Crippen LogP contribution in [0.2, 0.25) is 0 Å². The van der Waals surface area contributed by atoms with Crippen molar-refractivity contribution in [3.63, 3.8) is 0 Å². The number of aromatic nitrogens is 2. The molecule has 0 bridgehead atoms. The maximum absolute atomic E-state index is 5.03. The molecule has 0 radical (unpaired) electrons. The van der Waals surface area contributed by atoms with Crippen LogP contribution in [0, 0.1) is 19.8 Å². The fourth-order valence-electron chi connectivity index (χ4n) is 5.34. The number of likely N-dealkylation sites (tertiary alicyclic amines) is 2. The molecular formula is C25H38N6. The fourth-order valence-corrected chi connectivity index (χ4v) is 5.34. The van der Waals surface area contributed by atoms with Crippen molar-refractivity contribution < 1.29 is 0 Å². The summed E-state index contributed by atoms with van der Waals surface area (Å²) in [6.45, 7) is 12.4. The lowest BCUT2D eigenvalue weighted by Gasteiger charge is -2.48. The van der Waals surface area contributed by atoms with Crippen LogP contribution in [0.4, 0.5) is 0 Å². The van der Waals surface area contributed by atoms with Crippen molar-refractivity contribution in [2.75, 3.05) is 26.2 Å². The molecule has 31 heavy (non-hydrogen) atoms. The van der Waals surface area contributed by atoms with Gasteiger partial charge in [-0.2, -0.15) is 5.10 Å². The van der Waals surface area contributed by atoms with E-state index in [1.165, 1.54) is 42.6 Å². The van der Waals surface area contributed by atoms with E-state index in [0.717, 1.165) is 43.8 Å². The number of hydrogen-bond acceptors (Lipinski definition) is 3. The highest BCUT2D eigenvalue weighted by Crippen LogP contribution is 2.31. The standard InChI is InChI=1S/C25H38N6/c1-5-26-25(27-16-23-19(2)28-29(4)20(23)3)31-15-13-24-22(18-31)12-9-14-30(24)17-21-10-7-6-8-11-21/h6-8,10-11,22,24H,5,9,12-18H2,1-4H3,(H,26,27). The molecule has 2 aliphatic heterocycles. The average molecular weight is 423 g/mol. The van der Waals surface area contributed by atoms with E-state index in [1.807, 2.05) is 11.7 Å². The third-order valence-corrected chi connectivity index (χ3v) is 7.09. The minimum atomic E-state index is 0.691. The lowest BCUT2D eigenvalue weighted by atomic mass is 9.83. The van der Waals surface area contributed by atoms with E-state index < -0.39 is 0 Å². The normalized spacial score (nSPS) is 22.5. The van der Waals surface area contributed by atoms with Crippen LogP contribution in [0.3, 0.4) is 0 Å². The second-order valence-electron chi connectivity index (χ2n) is 9.10. The smallest absolute Gasteiger partial charge is 0.194 e. The number of piperidine rings is 2. The van der Waals surface area contributed by atoms with Gasteiger partial charge in [0.15, 0.2) is 5.96 Å². The summed E-state index contributed by atoms with van der Waals surface area (Å²) in [6, 6.07) is 11.6. The quantitative estimate of drug-likeness (QED) is 0.592. The van der Waals surface area contributed by atoms with E-state index in [9.17, 15) is 0 Å². The lowest BCUT2D eigenvalue weighted by molar-refractivity contribution is 0.0372. The minimum absolute atomic E-state index is 0.691. The van der Waals surface area contributed by atoms with Gasteiger partial charge in [0.1, 0.15) is 0 Å². The molecule has 1 aromatic heterocycles. The number of nitrogens with one attached hydrogen (secondary N) is 1. The average Bonchev–Trinajstić information content (AvgIpc) is 3.02. The summed E-state index contributed by atoms with van der Waals surface area (Å²) >= 11 is 0. The van der Waals surface area contributed by atoms with Gasteiger partial charge in [-0.25, -0.2) is 4.99 Å². The summed E-state index contributed by atoms with van der Waals surface area (Å²) < 4.78 is 1.96. The summed E-state index contributed by atoms with van der Waals surface area (Å²) in [4.78, 5) is 10.3. The Kier molecular flexibility index (Phi) is 6.96. The Bertz CT molecular complexity index is 887. The molecule has 1 N–H and O–H groups in total. The van der Waals surface area contributed by atoms with E-state index >= 15 is 0 Å². The van der Waals surface area contributed by atoms with Crippen LogP contribution in [0.5, 0.6) is 0 Å². The van der Waals surface area contributed by atoms with Crippen molar-refractivity contribution in [2.45, 2.75) is 59.2 Å². The van der Waals surface area contributed by atoms with Crippen LogP contribution in [-0.2, 0) is 20.1 Å². The number of hydrogen-bond donors (Lipinski definition) is 1. The minimum Gasteiger partial charge on any atom is -0.357 e. The van der Waals surface area contributed by atoms with Crippen molar-refractivity contribution in [3.05, 3.63) is 52.8 Å². The zero-order chi connectivity index (χ0) is 21.8. The summed E-state index contributed by atoms with van der Waals surface area (Å²) in [5, 5.41) is 8.10. The molecular weight excluding hydrogens is 384 g/mol. The molecule has 2 aromatic rings. The van der Waals surface area contributed by atoms with E-state index in [2.05, 4.69) is 71.3 Å². The molecule has 3 heterocycles. The van der Waals surface area contributed by atoms with E-state index in [1.54, 1.807) is 0 Å². The van der Waals surface area contributed by atoms with Crippen molar-refractivity contribution in [3.8, 4) is 0 Å². The first-order valence-corrected chi connectivity index (χ1v) is 11.9. The molecule has 2 unspecified atom stereocenters. The summed E-state index contributed by atoms with van der Waals surface area (Å²) in [7, 11) is 2.01. The highest BCUT2D eigenvalue weighted by molar-refractivity contribution is 5.80. The summed E-state index contributed by atoms with van der Waals surface area (Å²) in [5.41, 5.74) is 4.98. The molecule has 2 saturated heterocycles. The number of aliphatic imine (C=N–C) groups is 1. The second-order valence-corrected chi connectivity index (χ2v) is 9.10. The largest absolute Gasteiger partial charge is 0.357 e. The Morgan fingerprint density at radius 2 is 1.97 bits per heavy atom. The first-order valence-electron chi connectivity index (χ1n) is 11.9. The van der Waals surface area contributed by atoms with Crippen molar-refractivity contribution >= 4 is 5.96 Å². The monoisotopic (exact) mass is 422 g/mol. The fraction of sp³-hybridized carbons (Fsp3) is 0.600. The third kappa shape index (κ3) is 4.95. The zero-order valence-corrected chi connectivity index (χ0v) is 19.6. The molecule has 2 aliphatic rings. The highest BCUT2D eigenvalue weighted by Gasteiger charge is 2.36. The van der Waals surface area contributed by atoms with Gasteiger partial charge in [-0.15, -0.1) is 0 Å². The predicted octanol–water partition coefficient (Wildman–Crippen LogP) is 3.49. The van der Waals surface area contributed by atoms with Gasteiger partial charge >= 0.3 is 0 Å². The molecule has 1 aromatic carbocycles. The van der Waals surface area contributed by atoms with Crippen molar-refractivity contribution in [1.82, 2.24) is 24.9 Å². The Hall–Kier alpha value is -2.34. The Balaban J connectivity index is 1.44. The Morgan fingerprint density at radius 3 is 2.68 bits per heavy atom. The third-order valence-electron chi connectivity index (χ3n) is 7.09. The summed E-state index contributed by atoms with van der Waals surface area (Å²) in [5.74, 6) is 1.78. The number of guanidine groups is 1. The van der Waals surface area contributed by atoms with Gasteiger partial charge in [0.2, 0.25) is 0 Å². The van der Waals surface area contributed by atoms with Crippen LogP contribution in [0.1, 0.15) is 48.7 Å². The van der Waals surface area contributed by atoms with E-state index in [0.29, 0.717) is 12.6 Å². The second kappa shape index (κ2) is 9.86. The van der Waals surface area contributed by atoms with Gasteiger partial charge in [-0.3, -0.25) is 9.58 Å². The number of fused-ring (bicyclic) bond motifs is 1. The maximum atomic E-state index is 5.03. The van der Waals surface area contributed by atoms with Gasteiger partial charge in [0, 0.05) is 50.5 Å². The Morgan fingerprint density at radius 1 is 1.16 bits per heavy atom.